The Morgan fingerprint density at radius 2 is 1.56 bits per heavy atom. The summed E-state index contributed by atoms with van der Waals surface area (Å²) >= 11 is 0. The first-order valence-corrected chi connectivity index (χ1v) is 5.98. The van der Waals surface area contributed by atoms with E-state index in [-0.39, 0.29) is 5.41 Å². The fourth-order valence-corrected chi connectivity index (χ4v) is 1.53. The maximum atomic E-state index is 12.3. The van der Waals surface area contributed by atoms with Crippen LogP contribution in [0.3, 0.4) is 0 Å². The van der Waals surface area contributed by atoms with Crippen molar-refractivity contribution in [2.24, 2.45) is 5.41 Å². The second-order valence-electron chi connectivity index (χ2n) is 5.53. The van der Waals surface area contributed by atoms with Crippen LogP contribution in [0.4, 0.5) is 13.2 Å². The van der Waals surface area contributed by atoms with Gasteiger partial charge in [-0.2, -0.15) is 13.2 Å². The molecule has 1 aromatic carbocycles. The van der Waals surface area contributed by atoms with Crippen molar-refractivity contribution in [2.75, 3.05) is 6.61 Å². The molecule has 0 saturated carbocycles. The van der Waals surface area contributed by atoms with Gasteiger partial charge < -0.3 is 4.74 Å². The monoisotopic (exact) mass is 260 g/mol. The number of hydrogen-bond acceptors (Lipinski definition) is 1. The molecule has 0 saturated heterocycles. The van der Waals surface area contributed by atoms with Crippen LogP contribution < -0.4 is 4.74 Å². The zero-order valence-electron chi connectivity index (χ0n) is 11.0. The lowest BCUT2D eigenvalue weighted by Crippen LogP contribution is -2.08. The van der Waals surface area contributed by atoms with E-state index in [1.807, 2.05) is 0 Å². The summed E-state index contributed by atoms with van der Waals surface area (Å²) in [5.41, 5.74) is -0.395. The third-order valence-corrected chi connectivity index (χ3v) is 2.52. The van der Waals surface area contributed by atoms with Crippen LogP contribution in [0.2, 0.25) is 0 Å². The lowest BCUT2D eigenvalue weighted by molar-refractivity contribution is -0.137. The molecule has 0 N–H and O–H groups in total. The Hall–Kier alpha value is -1.19. The van der Waals surface area contributed by atoms with E-state index >= 15 is 0 Å². The van der Waals surface area contributed by atoms with Crippen LogP contribution in [-0.4, -0.2) is 6.61 Å². The Morgan fingerprint density at radius 3 is 2.00 bits per heavy atom. The van der Waals surface area contributed by atoms with Gasteiger partial charge in [0.05, 0.1) is 12.2 Å². The quantitative estimate of drug-likeness (QED) is 0.699. The summed E-state index contributed by atoms with van der Waals surface area (Å²) in [7, 11) is 0. The molecule has 1 nitrogen and oxygen atoms in total. The summed E-state index contributed by atoms with van der Waals surface area (Å²) < 4.78 is 42.4. The Labute approximate surface area is 106 Å². The summed E-state index contributed by atoms with van der Waals surface area (Å²) in [5.74, 6) is 0.483. The third-order valence-electron chi connectivity index (χ3n) is 2.52. The number of alkyl halides is 3. The van der Waals surface area contributed by atoms with Crippen molar-refractivity contribution in [2.45, 2.75) is 39.8 Å². The lowest BCUT2D eigenvalue weighted by atomic mass is 9.91. The van der Waals surface area contributed by atoms with E-state index in [0.717, 1.165) is 25.0 Å². The van der Waals surface area contributed by atoms with Crippen LogP contribution in [0.1, 0.15) is 39.2 Å². The number of halogens is 3. The minimum Gasteiger partial charge on any atom is -0.494 e. The number of rotatable bonds is 4. The normalized spacial score (nSPS) is 12.6. The van der Waals surface area contributed by atoms with Crippen LogP contribution in [0, 0.1) is 5.41 Å². The van der Waals surface area contributed by atoms with Gasteiger partial charge in [-0.15, -0.1) is 0 Å². The van der Waals surface area contributed by atoms with Crippen LogP contribution in [0.5, 0.6) is 5.75 Å². The van der Waals surface area contributed by atoms with E-state index < -0.39 is 11.7 Å². The van der Waals surface area contributed by atoms with E-state index in [1.54, 1.807) is 0 Å². The van der Waals surface area contributed by atoms with Gasteiger partial charge in [0.25, 0.3) is 0 Å². The molecule has 1 rings (SSSR count). The molecule has 0 spiro atoms. The molecule has 0 heterocycles. The first kappa shape index (κ1) is 14.9. The summed E-state index contributed by atoms with van der Waals surface area (Å²) in [4.78, 5) is 0. The Balaban J connectivity index is 2.41. The Bertz CT molecular complexity index is 360. The lowest BCUT2D eigenvalue weighted by Gasteiger charge is -2.17. The van der Waals surface area contributed by atoms with Crippen LogP contribution in [0.15, 0.2) is 24.3 Å². The fourth-order valence-electron chi connectivity index (χ4n) is 1.53. The molecule has 0 aromatic heterocycles. The highest BCUT2D eigenvalue weighted by molar-refractivity contribution is 5.28. The second kappa shape index (κ2) is 5.63. The highest BCUT2D eigenvalue weighted by Gasteiger charge is 2.29. The molecule has 0 fully saturated rings. The maximum Gasteiger partial charge on any atom is 0.416 e. The van der Waals surface area contributed by atoms with Gasteiger partial charge in [-0.05, 0) is 42.5 Å². The number of hydrogen-bond donors (Lipinski definition) is 0. The highest BCUT2D eigenvalue weighted by atomic mass is 19.4. The molecule has 0 atom stereocenters. The predicted molar refractivity (Wildman–Crippen MR) is 65.6 cm³/mol. The van der Waals surface area contributed by atoms with E-state index in [1.165, 1.54) is 12.1 Å². The maximum absolute atomic E-state index is 12.3. The van der Waals surface area contributed by atoms with Gasteiger partial charge in [-0.3, -0.25) is 0 Å². The van der Waals surface area contributed by atoms with E-state index in [9.17, 15) is 13.2 Å². The van der Waals surface area contributed by atoms with Crippen molar-refractivity contribution in [3.8, 4) is 5.75 Å². The summed E-state index contributed by atoms with van der Waals surface area (Å²) in [6.07, 6.45) is -2.37. The summed E-state index contributed by atoms with van der Waals surface area (Å²) in [5, 5.41) is 0. The second-order valence-corrected chi connectivity index (χ2v) is 5.53. The average molecular weight is 260 g/mol. The standard InChI is InChI=1S/C14H19F3O/c1-13(2,3)9-4-10-18-12-7-5-11(6-8-12)14(15,16)17/h5-8H,4,9-10H2,1-3H3. The molecule has 0 aliphatic carbocycles. The summed E-state index contributed by atoms with van der Waals surface area (Å²) in [6, 6.07) is 4.80. The molecular weight excluding hydrogens is 241 g/mol. The number of benzene rings is 1. The molecule has 18 heavy (non-hydrogen) atoms. The molecule has 102 valence electrons. The van der Waals surface area contributed by atoms with Crippen molar-refractivity contribution < 1.29 is 17.9 Å². The van der Waals surface area contributed by atoms with Crippen LogP contribution >= 0.6 is 0 Å². The topological polar surface area (TPSA) is 9.23 Å². The van der Waals surface area contributed by atoms with Gasteiger partial charge in [0, 0.05) is 0 Å². The molecule has 0 aliphatic rings. The Kier molecular flexibility index (Phi) is 4.65. The van der Waals surface area contributed by atoms with Crippen molar-refractivity contribution in [1.82, 2.24) is 0 Å². The van der Waals surface area contributed by atoms with Gasteiger partial charge in [-0.25, -0.2) is 0 Å². The third kappa shape index (κ3) is 5.43. The van der Waals surface area contributed by atoms with Crippen LogP contribution in [0.25, 0.3) is 0 Å². The zero-order chi connectivity index (χ0) is 13.8. The molecule has 1 aromatic rings. The molecule has 0 amide bonds. The minimum absolute atomic E-state index is 0.253. The molecule has 0 unspecified atom stereocenters. The summed E-state index contributed by atoms with van der Waals surface area (Å²) in [6.45, 7) is 6.96. The smallest absolute Gasteiger partial charge is 0.416 e. The van der Waals surface area contributed by atoms with E-state index in [4.69, 9.17) is 4.74 Å². The van der Waals surface area contributed by atoms with Crippen molar-refractivity contribution in [3.63, 3.8) is 0 Å². The number of ether oxygens (including phenoxy) is 1. The minimum atomic E-state index is -4.29. The highest BCUT2D eigenvalue weighted by Crippen LogP contribution is 2.30. The molecule has 4 heteroatoms. The first-order chi connectivity index (χ1) is 8.18. The van der Waals surface area contributed by atoms with Crippen LogP contribution in [-0.2, 0) is 6.18 Å². The zero-order valence-corrected chi connectivity index (χ0v) is 11.0. The predicted octanol–water partition coefficient (Wildman–Crippen LogP) is 4.91. The molecule has 0 bridgehead atoms. The molecular formula is C14H19F3O. The average Bonchev–Trinajstić information content (AvgIpc) is 2.22. The van der Waals surface area contributed by atoms with Gasteiger partial charge in [0.1, 0.15) is 5.75 Å². The van der Waals surface area contributed by atoms with Gasteiger partial charge in [0.15, 0.2) is 0 Å². The van der Waals surface area contributed by atoms with Gasteiger partial charge in [-0.1, -0.05) is 20.8 Å². The SMILES string of the molecule is CC(C)(C)CCCOc1ccc(C(F)(F)F)cc1. The fraction of sp³-hybridized carbons (Fsp3) is 0.571. The van der Waals surface area contributed by atoms with Crippen molar-refractivity contribution >= 4 is 0 Å². The van der Waals surface area contributed by atoms with Crippen molar-refractivity contribution in [3.05, 3.63) is 29.8 Å². The Morgan fingerprint density at radius 1 is 1.00 bits per heavy atom. The van der Waals surface area contributed by atoms with Gasteiger partial charge >= 0.3 is 6.18 Å². The van der Waals surface area contributed by atoms with E-state index in [0.29, 0.717) is 12.4 Å². The molecule has 0 aliphatic heterocycles. The first-order valence-electron chi connectivity index (χ1n) is 5.98. The van der Waals surface area contributed by atoms with E-state index in [2.05, 4.69) is 20.8 Å². The van der Waals surface area contributed by atoms with Gasteiger partial charge in [0.2, 0.25) is 0 Å². The van der Waals surface area contributed by atoms with Crippen molar-refractivity contribution in [1.29, 1.82) is 0 Å². The molecule has 0 radical (unpaired) electrons. The largest absolute Gasteiger partial charge is 0.494 e.